The maximum atomic E-state index is 4.40. The molecule has 1 N–H and O–H groups in total. The number of nitrogens with zero attached hydrogens (tertiary/aromatic N) is 2. The summed E-state index contributed by atoms with van der Waals surface area (Å²) in [6, 6.07) is 0.588. The average Bonchev–Trinajstić information content (AvgIpc) is 2.88. The van der Waals surface area contributed by atoms with Crippen molar-refractivity contribution in [1.29, 1.82) is 0 Å². The molecule has 1 fully saturated rings. The highest BCUT2D eigenvalue weighted by Crippen LogP contribution is 2.32. The van der Waals surface area contributed by atoms with Crippen molar-refractivity contribution < 1.29 is 0 Å². The van der Waals surface area contributed by atoms with Gasteiger partial charge in [0.25, 0.3) is 0 Å². The number of nitrogens with one attached hydrogen (secondary N) is 1. The standard InChI is InChI=1S/C13H17N3S/c1-8-3-4-10(5-8)16-13-12-11(14-7-15-13)9(2)6-17-12/h6-8,10H,3-5H2,1-2H3,(H,14,15,16). The predicted molar refractivity (Wildman–Crippen MR) is 72.6 cm³/mol. The van der Waals surface area contributed by atoms with Gasteiger partial charge in [0.05, 0.1) is 10.2 Å². The molecule has 4 heteroatoms. The summed E-state index contributed by atoms with van der Waals surface area (Å²) < 4.78 is 1.20. The van der Waals surface area contributed by atoms with Crippen LogP contribution in [0.3, 0.4) is 0 Å². The number of thiophene rings is 1. The molecule has 0 radical (unpaired) electrons. The van der Waals surface area contributed by atoms with Crippen molar-refractivity contribution in [3.8, 4) is 0 Å². The van der Waals surface area contributed by atoms with Gasteiger partial charge in [-0.3, -0.25) is 0 Å². The molecular formula is C13H17N3S. The Kier molecular flexibility index (Phi) is 2.74. The van der Waals surface area contributed by atoms with Crippen molar-refractivity contribution in [2.75, 3.05) is 5.32 Å². The summed E-state index contributed by atoms with van der Waals surface area (Å²) >= 11 is 1.74. The van der Waals surface area contributed by atoms with Gasteiger partial charge in [0.2, 0.25) is 0 Å². The smallest absolute Gasteiger partial charge is 0.147 e. The Morgan fingerprint density at radius 3 is 3.00 bits per heavy atom. The van der Waals surface area contributed by atoms with Gasteiger partial charge in [-0.1, -0.05) is 6.92 Å². The molecule has 0 amide bonds. The van der Waals surface area contributed by atoms with Gasteiger partial charge in [-0.2, -0.15) is 0 Å². The first-order valence-corrected chi connectivity index (χ1v) is 7.07. The monoisotopic (exact) mass is 247 g/mol. The van der Waals surface area contributed by atoms with Gasteiger partial charge in [-0.25, -0.2) is 9.97 Å². The summed E-state index contributed by atoms with van der Waals surface area (Å²) in [5, 5.41) is 5.74. The maximum absolute atomic E-state index is 4.40. The van der Waals surface area contributed by atoms with Crippen LogP contribution in [0.15, 0.2) is 11.7 Å². The SMILES string of the molecule is Cc1csc2c(NC3CCC(C)C3)ncnc12. The van der Waals surface area contributed by atoms with Gasteiger partial charge in [-0.15, -0.1) is 11.3 Å². The summed E-state index contributed by atoms with van der Waals surface area (Å²) in [5.74, 6) is 1.86. The molecule has 0 spiro atoms. The van der Waals surface area contributed by atoms with E-state index >= 15 is 0 Å². The van der Waals surface area contributed by atoms with Crippen molar-refractivity contribution >= 4 is 27.4 Å². The van der Waals surface area contributed by atoms with E-state index in [1.165, 1.54) is 29.5 Å². The topological polar surface area (TPSA) is 37.8 Å². The second kappa shape index (κ2) is 4.26. The van der Waals surface area contributed by atoms with Crippen LogP contribution in [0.4, 0.5) is 5.82 Å². The molecule has 0 aromatic carbocycles. The predicted octanol–water partition coefficient (Wildman–Crippen LogP) is 3.60. The highest BCUT2D eigenvalue weighted by Gasteiger charge is 2.22. The Labute approximate surface area is 105 Å². The zero-order chi connectivity index (χ0) is 11.8. The maximum Gasteiger partial charge on any atom is 0.147 e. The number of rotatable bonds is 2. The molecule has 0 aliphatic heterocycles. The minimum Gasteiger partial charge on any atom is -0.366 e. The zero-order valence-corrected chi connectivity index (χ0v) is 11.0. The molecule has 90 valence electrons. The molecule has 1 saturated carbocycles. The van der Waals surface area contributed by atoms with Gasteiger partial charge in [0, 0.05) is 6.04 Å². The van der Waals surface area contributed by atoms with Crippen molar-refractivity contribution in [1.82, 2.24) is 9.97 Å². The number of fused-ring (bicyclic) bond motifs is 1. The first kappa shape index (κ1) is 11.0. The Bertz CT molecular complexity index is 534. The van der Waals surface area contributed by atoms with Gasteiger partial charge >= 0.3 is 0 Å². The molecule has 3 rings (SSSR count). The minimum atomic E-state index is 0.588. The molecule has 2 atom stereocenters. The van der Waals surface area contributed by atoms with Crippen LogP contribution in [0.2, 0.25) is 0 Å². The van der Waals surface area contributed by atoms with Crippen molar-refractivity contribution in [2.45, 2.75) is 39.2 Å². The van der Waals surface area contributed by atoms with Gasteiger partial charge in [-0.05, 0) is 43.0 Å². The van der Waals surface area contributed by atoms with Gasteiger partial charge in [0.15, 0.2) is 0 Å². The van der Waals surface area contributed by atoms with Crippen LogP contribution < -0.4 is 5.32 Å². The Balaban J connectivity index is 1.90. The first-order chi connectivity index (χ1) is 8.24. The van der Waals surface area contributed by atoms with Crippen LogP contribution in [0.1, 0.15) is 31.7 Å². The summed E-state index contributed by atoms with van der Waals surface area (Å²) in [5.41, 5.74) is 2.34. The van der Waals surface area contributed by atoms with Gasteiger partial charge in [0.1, 0.15) is 12.1 Å². The molecular weight excluding hydrogens is 230 g/mol. The van der Waals surface area contributed by atoms with E-state index in [4.69, 9.17) is 0 Å². The molecule has 0 saturated heterocycles. The Morgan fingerprint density at radius 1 is 1.35 bits per heavy atom. The quantitative estimate of drug-likeness (QED) is 0.881. The van der Waals surface area contributed by atoms with Crippen LogP contribution in [0.5, 0.6) is 0 Å². The molecule has 2 aromatic rings. The lowest BCUT2D eigenvalue weighted by Gasteiger charge is -2.13. The van der Waals surface area contributed by atoms with Crippen molar-refractivity contribution in [3.63, 3.8) is 0 Å². The second-order valence-electron chi connectivity index (χ2n) is 5.08. The third-order valence-corrected chi connectivity index (χ3v) is 4.66. The fourth-order valence-corrected chi connectivity index (χ4v) is 3.56. The molecule has 2 unspecified atom stereocenters. The highest BCUT2D eigenvalue weighted by molar-refractivity contribution is 7.18. The number of anilines is 1. The lowest BCUT2D eigenvalue weighted by atomic mass is 10.1. The summed E-state index contributed by atoms with van der Waals surface area (Å²) in [6.45, 7) is 4.43. The largest absolute Gasteiger partial charge is 0.366 e. The number of aromatic nitrogens is 2. The van der Waals surface area contributed by atoms with E-state index in [0.29, 0.717) is 6.04 Å². The molecule has 1 aliphatic rings. The molecule has 1 aliphatic carbocycles. The average molecular weight is 247 g/mol. The lowest BCUT2D eigenvalue weighted by Crippen LogP contribution is -2.16. The Hall–Kier alpha value is -1.16. The first-order valence-electron chi connectivity index (χ1n) is 6.19. The third-order valence-electron chi connectivity index (χ3n) is 3.57. The molecule has 17 heavy (non-hydrogen) atoms. The van der Waals surface area contributed by atoms with Crippen LogP contribution >= 0.6 is 11.3 Å². The minimum absolute atomic E-state index is 0.588. The van der Waals surface area contributed by atoms with Crippen LogP contribution in [-0.4, -0.2) is 16.0 Å². The van der Waals surface area contributed by atoms with E-state index in [0.717, 1.165) is 17.3 Å². The summed E-state index contributed by atoms with van der Waals surface area (Å²) in [7, 11) is 0. The van der Waals surface area contributed by atoms with Gasteiger partial charge < -0.3 is 5.32 Å². The van der Waals surface area contributed by atoms with E-state index < -0.39 is 0 Å². The van der Waals surface area contributed by atoms with E-state index in [9.17, 15) is 0 Å². The van der Waals surface area contributed by atoms with E-state index in [1.54, 1.807) is 17.7 Å². The van der Waals surface area contributed by atoms with Crippen LogP contribution in [0.25, 0.3) is 10.2 Å². The third kappa shape index (κ3) is 2.02. The highest BCUT2D eigenvalue weighted by atomic mass is 32.1. The molecule has 2 aromatic heterocycles. The van der Waals surface area contributed by atoms with Crippen LogP contribution in [-0.2, 0) is 0 Å². The fourth-order valence-electron chi connectivity index (χ4n) is 2.60. The van der Waals surface area contributed by atoms with E-state index in [1.807, 2.05) is 0 Å². The summed E-state index contributed by atoms with van der Waals surface area (Å²) in [6.07, 6.45) is 5.52. The molecule has 3 nitrogen and oxygen atoms in total. The molecule has 2 heterocycles. The number of aryl methyl sites for hydroxylation is 1. The molecule has 0 bridgehead atoms. The number of hydrogen-bond acceptors (Lipinski definition) is 4. The Morgan fingerprint density at radius 2 is 2.24 bits per heavy atom. The lowest BCUT2D eigenvalue weighted by molar-refractivity contribution is 0.602. The fraction of sp³-hybridized carbons (Fsp3) is 0.538. The second-order valence-corrected chi connectivity index (χ2v) is 5.96. The van der Waals surface area contributed by atoms with Crippen LogP contribution in [0, 0.1) is 12.8 Å². The summed E-state index contributed by atoms with van der Waals surface area (Å²) in [4.78, 5) is 8.75. The normalized spacial score (nSPS) is 24.4. The van der Waals surface area contributed by atoms with E-state index in [-0.39, 0.29) is 0 Å². The van der Waals surface area contributed by atoms with E-state index in [2.05, 4.69) is 34.5 Å². The zero-order valence-electron chi connectivity index (χ0n) is 10.2. The van der Waals surface area contributed by atoms with Crippen molar-refractivity contribution in [2.24, 2.45) is 5.92 Å². The number of hydrogen-bond donors (Lipinski definition) is 1. The van der Waals surface area contributed by atoms with Crippen molar-refractivity contribution in [3.05, 3.63) is 17.3 Å².